The highest BCUT2D eigenvalue weighted by molar-refractivity contribution is 9.10. The number of hydrogen-bond donors (Lipinski definition) is 0. The number of halogens is 2. The fraction of sp³-hybridized carbons (Fsp3) is 0.0870. The van der Waals surface area contributed by atoms with Crippen LogP contribution in [-0.2, 0) is 11.3 Å². The molecule has 1 aliphatic heterocycles. The van der Waals surface area contributed by atoms with E-state index >= 15 is 0 Å². The Balaban J connectivity index is 1.58. The van der Waals surface area contributed by atoms with Gasteiger partial charge in [0.15, 0.2) is 0 Å². The van der Waals surface area contributed by atoms with Crippen LogP contribution >= 0.6 is 27.5 Å². The van der Waals surface area contributed by atoms with Gasteiger partial charge in [0.1, 0.15) is 6.61 Å². The predicted octanol–water partition coefficient (Wildman–Crippen LogP) is 5.57. The number of nitrogens with zero attached hydrogens (tertiary/aromatic N) is 1. The molecule has 0 atom stereocenters. The molecule has 2 amide bonds. The molecule has 0 radical (unpaired) electrons. The molecule has 0 spiro atoms. The SMILES string of the molecule is Cc1c(Cl)cccc1N1C(=O)c2ccc(C(=O)OCc3ccc(Br)cc3)cc2C1=O. The zero-order chi connectivity index (χ0) is 21.4. The highest BCUT2D eigenvalue weighted by Crippen LogP contribution is 2.33. The van der Waals surface area contributed by atoms with Crippen molar-refractivity contribution < 1.29 is 19.1 Å². The van der Waals surface area contributed by atoms with Crippen molar-refractivity contribution in [1.82, 2.24) is 0 Å². The number of ether oxygens (including phenoxy) is 1. The van der Waals surface area contributed by atoms with Gasteiger partial charge in [0.25, 0.3) is 11.8 Å². The summed E-state index contributed by atoms with van der Waals surface area (Å²) in [7, 11) is 0. The van der Waals surface area contributed by atoms with E-state index in [1.807, 2.05) is 24.3 Å². The molecule has 0 aliphatic carbocycles. The van der Waals surface area contributed by atoms with Crippen LogP contribution in [0, 0.1) is 6.92 Å². The highest BCUT2D eigenvalue weighted by atomic mass is 79.9. The molecule has 30 heavy (non-hydrogen) atoms. The van der Waals surface area contributed by atoms with E-state index in [1.54, 1.807) is 25.1 Å². The quantitative estimate of drug-likeness (QED) is 0.359. The van der Waals surface area contributed by atoms with Gasteiger partial charge < -0.3 is 4.74 Å². The zero-order valence-corrected chi connectivity index (χ0v) is 18.2. The monoisotopic (exact) mass is 483 g/mol. The van der Waals surface area contributed by atoms with Crippen molar-refractivity contribution in [2.24, 2.45) is 0 Å². The first-order valence-corrected chi connectivity index (χ1v) is 10.2. The van der Waals surface area contributed by atoms with Crippen LogP contribution in [0.15, 0.2) is 65.1 Å². The van der Waals surface area contributed by atoms with E-state index in [1.165, 1.54) is 18.2 Å². The van der Waals surface area contributed by atoms with Crippen molar-refractivity contribution in [3.63, 3.8) is 0 Å². The normalized spacial score (nSPS) is 12.8. The lowest BCUT2D eigenvalue weighted by Gasteiger charge is -2.17. The zero-order valence-electron chi connectivity index (χ0n) is 15.8. The molecular formula is C23H15BrClNO4. The van der Waals surface area contributed by atoms with Crippen molar-refractivity contribution in [2.45, 2.75) is 13.5 Å². The van der Waals surface area contributed by atoms with E-state index < -0.39 is 17.8 Å². The van der Waals surface area contributed by atoms with E-state index in [0.717, 1.165) is 14.9 Å². The molecule has 1 aliphatic rings. The van der Waals surface area contributed by atoms with Gasteiger partial charge in [0.05, 0.1) is 22.4 Å². The Bertz CT molecular complexity index is 1190. The van der Waals surface area contributed by atoms with Crippen LogP contribution in [0.3, 0.4) is 0 Å². The number of rotatable bonds is 4. The van der Waals surface area contributed by atoms with E-state index in [-0.39, 0.29) is 23.3 Å². The third kappa shape index (κ3) is 3.64. The second-order valence-corrected chi connectivity index (χ2v) is 8.12. The number of hydrogen-bond acceptors (Lipinski definition) is 4. The second-order valence-electron chi connectivity index (χ2n) is 6.79. The Kier molecular flexibility index (Phi) is 5.45. The average molecular weight is 485 g/mol. The number of esters is 1. The maximum atomic E-state index is 13.0. The van der Waals surface area contributed by atoms with Crippen LogP contribution < -0.4 is 4.90 Å². The van der Waals surface area contributed by atoms with Gasteiger partial charge in [-0.1, -0.05) is 45.7 Å². The first-order chi connectivity index (χ1) is 14.4. The Morgan fingerprint density at radius 1 is 1.00 bits per heavy atom. The summed E-state index contributed by atoms with van der Waals surface area (Å²) >= 11 is 9.50. The number of anilines is 1. The molecule has 0 saturated heterocycles. The van der Waals surface area contributed by atoms with E-state index in [4.69, 9.17) is 16.3 Å². The number of carbonyl (C=O) groups excluding carboxylic acids is 3. The molecule has 3 aromatic carbocycles. The fourth-order valence-electron chi connectivity index (χ4n) is 3.24. The van der Waals surface area contributed by atoms with Gasteiger partial charge in [-0.25, -0.2) is 9.69 Å². The Labute approximate surface area is 186 Å². The standard InChI is InChI=1S/C23H15BrClNO4/c1-13-19(25)3-2-4-20(13)26-21(27)17-10-7-15(11-18(17)22(26)28)23(29)30-12-14-5-8-16(24)9-6-14/h2-11H,12H2,1H3. The molecule has 0 bridgehead atoms. The molecule has 4 rings (SSSR count). The summed E-state index contributed by atoms with van der Waals surface area (Å²) in [5, 5.41) is 0.460. The summed E-state index contributed by atoms with van der Waals surface area (Å²) in [6, 6.07) is 16.8. The van der Waals surface area contributed by atoms with Gasteiger partial charge in [-0.3, -0.25) is 9.59 Å². The lowest BCUT2D eigenvalue weighted by atomic mass is 10.1. The van der Waals surface area contributed by atoms with E-state index in [2.05, 4.69) is 15.9 Å². The molecule has 0 unspecified atom stereocenters. The minimum absolute atomic E-state index is 0.101. The topological polar surface area (TPSA) is 63.7 Å². The lowest BCUT2D eigenvalue weighted by Crippen LogP contribution is -2.30. The summed E-state index contributed by atoms with van der Waals surface area (Å²) in [6.45, 7) is 1.84. The minimum atomic E-state index is -0.571. The maximum absolute atomic E-state index is 13.0. The molecule has 0 saturated carbocycles. The number of amides is 2. The second kappa shape index (κ2) is 8.05. The number of imide groups is 1. The van der Waals surface area contributed by atoms with Crippen molar-refractivity contribution in [2.75, 3.05) is 4.90 Å². The Morgan fingerprint density at radius 3 is 2.43 bits per heavy atom. The van der Waals surface area contributed by atoms with Gasteiger partial charge in [0.2, 0.25) is 0 Å². The third-order valence-electron chi connectivity index (χ3n) is 4.89. The third-order valence-corrected chi connectivity index (χ3v) is 5.82. The minimum Gasteiger partial charge on any atom is -0.457 e. The first kappa shape index (κ1) is 20.3. The summed E-state index contributed by atoms with van der Waals surface area (Å²) in [5.41, 5.74) is 2.50. The molecular weight excluding hydrogens is 470 g/mol. The van der Waals surface area contributed by atoms with Gasteiger partial charge in [-0.15, -0.1) is 0 Å². The summed E-state index contributed by atoms with van der Waals surface area (Å²) in [4.78, 5) is 39.3. The first-order valence-electron chi connectivity index (χ1n) is 9.06. The number of fused-ring (bicyclic) bond motifs is 1. The summed E-state index contributed by atoms with van der Waals surface area (Å²) in [5.74, 6) is -1.52. The van der Waals surface area contributed by atoms with Gasteiger partial charge in [-0.2, -0.15) is 0 Å². The van der Waals surface area contributed by atoms with Crippen LogP contribution in [0.2, 0.25) is 5.02 Å². The average Bonchev–Trinajstić information content (AvgIpc) is 2.99. The lowest BCUT2D eigenvalue weighted by molar-refractivity contribution is 0.0472. The molecule has 0 fully saturated rings. The largest absolute Gasteiger partial charge is 0.457 e. The maximum Gasteiger partial charge on any atom is 0.338 e. The van der Waals surface area contributed by atoms with Gasteiger partial charge >= 0.3 is 5.97 Å². The van der Waals surface area contributed by atoms with Crippen LogP contribution in [0.1, 0.15) is 42.2 Å². The predicted molar refractivity (Wildman–Crippen MR) is 117 cm³/mol. The van der Waals surface area contributed by atoms with Gasteiger partial charge in [0, 0.05) is 9.50 Å². The van der Waals surface area contributed by atoms with Crippen LogP contribution in [0.5, 0.6) is 0 Å². The van der Waals surface area contributed by atoms with Crippen LogP contribution in [0.25, 0.3) is 0 Å². The smallest absolute Gasteiger partial charge is 0.338 e. The van der Waals surface area contributed by atoms with Crippen molar-refractivity contribution >= 4 is 51.0 Å². The molecule has 0 aromatic heterocycles. The molecule has 0 N–H and O–H groups in total. The summed E-state index contributed by atoms with van der Waals surface area (Å²) < 4.78 is 6.27. The molecule has 3 aromatic rings. The highest BCUT2D eigenvalue weighted by Gasteiger charge is 2.38. The Hall–Kier alpha value is -2.96. The van der Waals surface area contributed by atoms with Crippen molar-refractivity contribution in [1.29, 1.82) is 0 Å². The van der Waals surface area contributed by atoms with E-state index in [0.29, 0.717) is 16.3 Å². The van der Waals surface area contributed by atoms with E-state index in [9.17, 15) is 14.4 Å². The molecule has 150 valence electrons. The molecule has 7 heteroatoms. The van der Waals surface area contributed by atoms with Crippen LogP contribution in [-0.4, -0.2) is 17.8 Å². The van der Waals surface area contributed by atoms with Crippen molar-refractivity contribution in [3.8, 4) is 0 Å². The van der Waals surface area contributed by atoms with Crippen molar-refractivity contribution in [3.05, 3.63) is 98.0 Å². The molecule has 5 nitrogen and oxygen atoms in total. The Morgan fingerprint density at radius 2 is 1.70 bits per heavy atom. The fourth-order valence-corrected chi connectivity index (χ4v) is 3.67. The van der Waals surface area contributed by atoms with Crippen LogP contribution in [0.4, 0.5) is 5.69 Å². The molecule has 1 heterocycles. The van der Waals surface area contributed by atoms with Gasteiger partial charge in [-0.05, 0) is 60.5 Å². The summed E-state index contributed by atoms with van der Waals surface area (Å²) in [6.07, 6.45) is 0. The number of benzene rings is 3. The number of carbonyl (C=O) groups is 3.